The molecular formula is C20H21NO. The minimum Gasteiger partial charge on any atom is -0.292 e. The Hall–Kier alpha value is -1.93. The van der Waals surface area contributed by atoms with Crippen LogP contribution in [0.3, 0.4) is 0 Å². The molecule has 1 heterocycles. The van der Waals surface area contributed by atoms with Gasteiger partial charge in [0.05, 0.1) is 12.1 Å². The number of hydrogen-bond acceptors (Lipinski definition) is 2. The van der Waals surface area contributed by atoms with Gasteiger partial charge >= 0.3 is 0 Å². The van der Waals surface area contributed by atoms with Crippen LogP contribution in [0.15, 0.2) is 60.7 Å². The van der Waals surface area contributed by atoms with Gasteiger partial charge in [-0.2, -0.15) is 0 Å². The largest absolute Gasteiger partial charge is 0.292 e. The van der Waals surface area contributed by atoms with Crippen molar-refractivity contribution in [2.45, 2.75) is 43.8 Å². The highest BCUT2D eigenvalue weighted by molar-refractivity contribution is 6.02. The maximum absolute atomic E-state index is 12.9. The predicted octanol–water partition coefficient (Wildman–Crippen LogP) is 4.24. The van der Waals surface area contributed by atoms with Gasteiger partial charge in [0.15, 0.2) is 5.78 Å². The highest BCUT2D eigenvalue weighted by Crippen LogP contribution is 2.49. The molecule has 0 N–H and O–H groups in total. The number of benzene rings is 2. The lowest BCUT2D eigenvalue weighted by Crippen LogP contribution is -2.21. The second-order valence-electron chi connectivity index (χ2n) is 6.42. The number of hydrogen-bond donors (Lipinski definition) is 0. The Morgan fingerprint density at radius 1 is 0.864 bits per heavy atom. The fraction of sp³-hybridized carbons (Fsp3) is 0.350. The zero-order valence-electron chi connectivity index (χ0n) is 12.7. The third-order valence-electron chi connectivity index (χ3n) is 5.07. The highest BCUT2D eigenvalue weighted by Gasteiger charge is 2.56. The minimum atomic E-state index is 0.0351. The van der Waals surface area contributed by atoms with Gasteiger partial charge in [-0.15, -0.1) is 0 Å². The van der Waals surface area contributed by atoms with Gasteiger partial charge in [0.2, 0.25) is 0 Å². The molecule has 2 aromatic rings. The number of carbonyl (C=O) groups excluding carboxylic acids is 1. The SMILES string of the molecule is O=C(c1ccccc1)C1C(c2ccccc2)N1C1CCCC1. The first-order valence-corrected chi connectivity index (χ1v) is 8.28. The smallest absolute Gasteiger partial charge is 0.181 e. The molecule has 22 heavy (non-hydrogen) atoms. The molecule has 1 aliphatic carbocycles. The third kappa shape index (κ3) is 2.38. The summed E-state index contributed by atoms with van der Waals surface area (Å²) in [5.74, 6) is 0.279. The first-order chi connectivity index (χ1) is 10.9. The fourth-order valence-electron chi connectivity index (χ4n) is 3.96. The van der Waals surface area contributed by atoms with Crippen molar-refractivity contribution >= 4 is 5.78 Å². The first-order valence-electron chi connectivity index (χ1n) is 8.28. The van der Waals surface area contributed by atoms with Gasteiger partial charge in [0.1, 0.15) is 0 Å². The van der Waals surface area contributed by atoms with Crippen LogP contribution in [0.4, 0.5) is 0 Å². The molecule has 2 aliphatic rings. The van der Waals surface area contributed by atoms with E-state index >= 15 is 0 Å². The molecule has 1 saturated heterocycles. The molecule has 2 heteroatoms. The average molecular weight is 291 g/mol. The molecule has 0 spiro atoms. The molecule has 1 aliphatic heterocycles. The summed E-state index contributed by atoms with van der Waals surface area (Å²) >= 11 is 0. The Morgan fingerprint density at radius 2 is 1.45 bits per heavy atom. The molecule has 4 rings (SSSR count). The van der Waals surface area contributed by atoms with E-state index in [1.54, 1.807) is 0 Å². The van der Waals surface area contributed by atoms with E-state index in [-0.39, 0.29) is 17.9 Å². The summed E-state index contributed by atoms with van der Waals surface area (Å²) in [6, 6.07) is 21.1. The maximum atomic E-state index is 12.9. The lowest BCUT2D eigenvalue weighted by Gasteiger charge is -2.12. The number of carbonyl (C=O) groups is 1. The lowest BCUT2D eigenvalue weighted by atomic mass is 10.0. The molecule has 0 amide bonds. The Morgan fingerprint density at radius 3 is 2.09 bits per heavy atom. The first kappa shape index (κ1) is 13.7. The summed E-state index contributed by atoms with van der Waals surface area (Å²) in [4.78, 5) is 15.4. The van der Waals surface area contributed by atoms with Crippen molar-refractivity contribution in [1.82, 2.24) is 4.90 Å². The number of ketones is 1. The van der Waals surface area contributed by atoms with E-state index in [0.29, 0.717) is 6.04 Å². The summed E-state index contributed by atoms with van der Waals surface area (Å²) < 4.78 is 0. The quantitative estimate of drug-likeness (QED) is 0.620. The number of rotatable bonds is 4. The van der Waals surface area contributed by atoms with E-state index < -0.39 is 0 Å². The van der Waals surface area contributed by atoms with E-state index in [4.69, 9.17) is 0 Å². The molecule has 2 nitrogen and oxygen atoms in total. The maximum Gasteiger partial charge on any atom is 0.181 e. The van der Waals surface area contributed by atoms with Crippen LogP contribution in [0.25, 0.3) is 0 Å². The summed E-state index contributed by atoms with van der Waals surface area (Å²) in [5.41, 5.74) is 2.12. The van der Waals surface area contributed by atoms with Crippen LogP contribution < -0.4 is 0 Å². The second-order valence-corrected chi connectivity index (χ2v) is 6.42. The van der Waals surface area contributed by atoms with Gasteiger partial charge in [0.25, 0.3) is 0 Å². The minimum absolute atomic E-state index is 0.0351. The third-order valence-corrected chi connectivity index (χ3v) is 5.07. The summed E-state index contributed by atoms with van der Waals surface area (Å²) in [5, 5.41) is 0. The summed E-state index contributed by atoms with van der Waals surface area (Å²) in [6.45, 7) is 0. The van der Waals surface area contributed by atoms with E-state index in [1.165, 1.54) is 31.2 Å². The van der Waals surface area contributed by atoms with Crippen molar-refractivity contribution in [2.24, 2.45) is 0 Å². The summed E-state index contributed by atoms with van der Waals surface area (Å²) in [7, 11) is 0. The van der Waals surface area contributed by atoms with Crippen molar-refractivity contribution in [3.05, 3.63) is 71.8 Å². The van der Waals surface area contributed by atoms with Gasteiger partial charge in [0, 0.05) is 11.6 Å². The summed E-state index contributed by atoms with van der Waals surface area (Å²) in [6.07, 6.45) is 5.08. The van der Waals surface area contributed by atoms with E-state index in [9.17, 15) is 4.79 Å². The topological polar surface area (TPSA) is 20.1 Å². The van der Waals surface area contributed by atoms with Crippen molar-refractivity contribution in [1.29, 1.82) is 0 Å². The van der Waals surface area contributed by atoms with Crippen LogP contribution in [0, 0.1) is 0 Å². The molecule has 1 saturated carbocycles. The van der Waals surface area contributed by atoms with Crippen molar-refractivity contribution in [3.63, 3.8) is 0 Å². The van der Waals surface area contributed by atoms with E-state index in [1.807, 2.05) is 36.4 Å². The van der Waals surface area contributed by atoms with Crippen LogP contribution in [-0.4, -0.2) is 22.8 Å². The van der Waals surface area contributed by atoms with E-state index in [0.717, 1.165) is 5.56 Å². The molecule has 3 atom stereocenters. The van der Waals surface area contributed by atoms with Gasteiger partial charge < -0.3 is 0 Å². The molecule has 3 unspecified atom stereocenters. The van der Waals surface area contributed by atoms with Crippen molar-refractivity contribution in [3.8, 4) is 0 Å². The predicted molar refractivity (Wildman–Crippen MR) is 87.8 cm³/mol. The van der Waals surface area contributed by atoms with E-state index in [2.05, 4.69) is 29.2 Å². The number of nitrogens with zero attached hydrogens (tertiary/aromatic N) is 1. The van der Waals surface area contributed by atoms with Crippen LogP contribution in [-0.2, 0) is 0 Å². The van der Waals surface area contributed by atoms with Gasteiger partial charge in [-0.3, -0.25) is 9.69 Å². The molecular weight excluding hydrogens is 270 g/mol. The fourth-order valence-corrected chi connectivity index (χ4v) is 3.96. The normalized spacial score (nSPS) is 27.7. The van der Waals surface area contributed by atoms with Crippen LogP contribution in [0.1, 0.15) is 47.6 Å². The van der Waals surface area contributed by atoms with Gasteiger partial charge in [-0.1, -0.05) is 73.5 Å². The molecule has 0 aromatic heterocycles. The molecule has 112 valence electrons. The van der Waals surface area contributed by atoms with Crippen molar-refractivity contribution < 1.29 is 4.79 Å². The monoisotopic (exact) mass is 291 g/mol. The Labute approximate surface area is 131 Å². The van der Waals surface area contributed by atoms with Gasteiger partial charge in [-0.05, 0) is 18.4 Å². The molecule has 0 bridgehead atoms. The van der Waals surface area contributed by atoms with Crippen molar-refractivity contribution in [2.75, 3.05) is 0 Å². The van der Waals surface area contributed by atoms with Crippen LogP contribution in [0.5, 0.6) is 0 Å². The Bertz CT molecular complexity index is 646. The molecule has 2 aromatic carbocycles. The highest BCUT2D eigenvalue weighted by atomic mass is 16.1. The average Bonchev–Trinajstić information content (AvgIpc) is 3.09. The Kier molecular flexibility index (Phi) is 3.55. The zero-order valence-corrected chi connectivity index (χ0v) is 12.7. The lowest BCUT2D eigenvalue weighted by molar-refractivity contribution is 0.0968. The molecule has 0 radical (unpaired) electrons. The number of Topliss-reactive ketones (excluding diaryl/α,β-unsaturated/α-hetero) is 1. The van der Waals surface area contributed by atoms with Gasteiger partial charge in [-0.25, -0.2) is 0 Å². The second kappa shape index (κ2) is 5.69. The molecule has 2 fully saturated rings. The standard InChI is InChI=1S/C20H21NO/c22-20(16-11-5-2-6-12-16)19-18(15-9-3-1-4-10-15)21(19)17-13-7-8-14-17/h1-6,9-12,17-19H,7-8,13-14H2. The van der Waals surface area contributed by atoms with Crippen LogP contribution in [0.2, 0.25) is 0 Å². The zero-order chi connectivity index (χ0) is 14.9. The Balaban J connectivity index is 1.63. The van der Waals surface area contributed by atoms with Crippen LogP contribution >= 0.6 is 0 Å².